The number of ether oxygens (including phenoxy) is 2. The molecule has 0 N–H and O–H groups in total. The van der Waals surface area contributed by atoms with Crippen LogP contribution in [0.2, 0.25) is 0 Å². The van der Waals surface area contributed by atoms with Gasteiger partial charge in [-0.05, 0) is 29.7 Å². The fourth-order valence-electron chi connectivity index (χ4n) is 2.55. The highest BCUT2D eigenvalue weighted by Crippen LogP contribution is 2.30. The van der Waals surface area contributed by atoms with Crippen LogP contribution in [-0.4, -0.2) is 19.3 Å². The average molecular weight is 277 g/mol. The van der Waals surface area contributed by atoms with E-state index in [1.807, 2.05) is 18.2 Å². The lowest BCUT2D eigenvalue weighted by molar-refractivity contribution is 0.0677. The van der Waals surface area contributed by atoms with Gasteiger partial charge in [-0.2, -0.15) is 0 Å². The number of hydrogen-bond donors (Lipinski definition) is 0. The van der Waals surface area contributed by atoms with Crippen molar-refractivity contribution in [2.24, 2.45) is 0 Å². The van der Waals surface area contributed by atoms with Crippen molar-refractivity contribution in [3.63, 3.8) is 0 Å². The van der Waals surface area contributed by atoms with E-state index in [0.29, 0.717) is 12.5 Å². The van der Waals surface area contributed by atoms with Gasteiger partial charge in [0.25, 0.3) is 0 Å². The summed E-state index contributed by atoms with van der Waals surface area (Å²) >= 11 is 6.10. The molecule has 0 amide bonds. The van der Waals surface area contributed by atoms with Crippen LogP contribution in [0, 0.1) is 0 Å². The van der Waals surface area contributed by atoms with Gasteiger partial charge in [0.15, 0.2) is 0 Å². The van der Waals surface area contributed by atoms with Crippen LogP contribution in [-0.2, 0) is 10.6 Å². The van der Waals surface area contributed by atoms with E-state index in [2.05, 4.69) is 18.2 Å². The maximum atomic E-state index is 6.10. The predicted octanol–water partition coefficient (Wildman–Crippen LogP) is 4.14. The van der Waals surface area contributed by atoms with Crippen LogP contribution in [0.3, 0.4) is 0 Å². The van der Waals surface area contributed by atoms with Crippen LogP contribution in [0.4, 0.5) is 0 Å². The standard InChI is InChI=1S/C16H17ClO2/c17-10-15-14-6-2-1-4-12(14)7-8-16(15)19-11-13-5-3-9-18-13/h1-2,4,6-8,13H,3,5,9-11H2. The highest BCUT2D eigenvalue weighted by molar-refractivity contribution is 6.18. The molecular formula is C16H17ClO2. The Bertz CT molecular complexity index is 562. The summed E-state index contributed by atoms with van der Waals surface area (Å²) < 4.78 is 11.5. The summed E-state index contributed by atoms with van der Waals surface area (Å²) in [5, 5.41) is 2.37. The second kappa shape index (κ2) is 5.81. The summed E-state index contributed by atoms with van der Waals surface area (Å²) in [6.45, 7) is 1.47. The SMILES string of the molecule is ClCc1c(OCC2CCCO2)ccc2ccccc12. The second-order valence-electron chi connectivity index (χ2n) is 4.84. The van der Waals surface area contributed by atoms with Gasteiger partial charge in [-0.25, -0.2) is 0 Å². The molecule has 19 heavy (non-hydrogen) atoms. The molecule has 1 unspecified atom stereocenters. The van der Waals surface area contributed by atoms with Crippen molar-refractivity contribution in [2.45, 2.75) is 24.8 Å². The summed E-state index contributed by atoms with van der Waals surface area (Å²) in [5.74, 6) is 1.34. The minimum absolute atomic E-state index is 0.231. The van der Waals surface area contributed by atoms with Crippen molar-refractivity contribution in [1.82, 2.24) is 0 Å². The molecule has 0 saturated carbocycles. The Morgan fingerprint density at radius 1 is 1.21 bits per heavy atom. The van der Waals surface area contributed by atoms with Crippen LogP contribution in [0.15, 0.2) is 36.4 Å². The van der Waals surface area contributed by atoms with Crippen molar-refractivity contribution in [2.75, 3.05) is 13.2 Å². The summed E-state index contributed by atoms with van der Waals surface area (Å²) in [5.41, 5.74) is 1.07. The Morgan fingerprint density at radius 3 is 2.89 bits per heavy atom. The van der Waals surface area contributed by atoms with E-state index in [1.54, 1.807) is 0 Å². The van der Waals surface area contributed by atoms with E-state index < -0.39 is 0 Å². The molecule has 2 aromatic carbocycles. The molecule has 2 aromatic rings. The monoisotopic (exact) mass is 276 g/mol. The van der Waals surface area contributed by atoms with Crippen molar-refractivity contribution in [1.29, 1.82) is 0 Å². The smallest absolute Gasteiger partial charge is 0.124 e. The third kappa shape index (κ3) is 2.70. The fraction of sp³-hybridized carbons (Fsp3) is 0.375. The maximum absolute atomic E-state index is 6.10. The van der Waals surface area contributed by atoms with E-state index in [0.717, 1.165) is 30.8 Å². The first kappa shape index (κ1) is 12.8. The van der Waals surface area contributed by atoms with Gasteiger partial charge in [-0.1, -0.05) is 30.3 Å². The maximum Gasteiger partial charge on any atom is 0.124 e. The van der Waals surface area contributed by atoms with E-state index in [1.165, 1.54) is 10.8 Å². The number of fused-ring (bicyclic) bond motifs is 1. The van der Waals surface area contributed by atoms with Crippen molar-refractivity contribution in [3.05, 3.63) is 42.0 Å². The zero-order valence-electron chi connectivity index (χ0n) is 10.8. The molecule has 1 fully saturated rings. The summed E-state index contributed by atoms with van der Waals surface area (Å²) in [7, 11) is 0. The second-order valence-corrected chi connectivity index (χ2v) is 5.11. The van der Waals surface area contributed by atoms with Gasteiger partial charge < -0.3 is 9.47 Å². The lowest BCUT2D eigenvalue weighted by atomic mass is 10.0. The number of halogens is 1. The van der Waals surface area contributed by atoms with Crippen LogP contribution in [0.5, 0.6) is 5.75 Å². The fourth-order valence-corrected chi connectivity index (χ4v) is 2.82. The number of hydrogen-bond acceptors (Lipinski definition) is 2. The molecule has 100 valence electrons. The van der Waals surface area contributed by atoms with E-state index in [4.69, 9.17) is 21.1 Å². The highest BCUT2D eigenvalue weighted by Gasteiger charge is 2.17. The highest BCUT2D eigenvalue weighted by atomic mass is 35.5. The van der Waals surface area contributed by atoms with Gasteiger partial charge >= 0.3 is 0 Å². The Hall–Kier alpha value is -1.25. The summed E-state index contributed by atoms with van der Waals surface area (Å²) in [6.07, 6.45) is 2.45. The lowest BCUT2D eigenvalue weighted by Crippen LogP contribution is -2.16. The van der Waals surface area contributed by atoms with Gasteiger partial charge in [0.1, 0.15) is 12.4 Å². The molecule has 0 spiro atoms. The summed E-state index contributed by atoms with van der Waals surface area (Å²) in [6, 6.07) is 12.3. The predicted molar refractivity (Wildman–Crippen MR) is 78.0 cm³/mol. The van der Waals surface area contributed by atoms with Crippen molar-refractivity contribution >= 4 is 22.4 Å². The molecule has 0 bridgehead atoms. The number of benzene rings is 2. The van der Waals surface area contributed by atoms with Gasteiger partial charge in [0.2, 0.25) is 0 Å². The Kier molecular flexibility index (Phi) is 3.90. The molecule has 2 nitrogen and oxygen atoms in total. The molecule has 3 heteroatoms. The zero-order chi connectivity index (χ0) is 13.1. The molecule has 1 saturated heterocycles. The van der Waals surface area contributed by atoms with Crippen molar-refractivity contribution < 1.29 is 9.47 Å². The quantitative estimate of drug-likeness (QED) is 0.782. The molecule has 1 aliphatic heterocycles. The zero-order valence-corrected chi connectivity index (χ0v) is 11.5. The van der Waals surface area contributed by atoms with Crippen molar-refractivity contribution in [3.8, 4) is 5.75 Å². The Morgan fingerprint density at radius 2 is 2.11 bits per heavy atom. The molecule has 1 heterocycles. The Labute approximate surface area is 118 Å². The lowest BCUT2D eigenvalue weighted by Gasteiger charge is -2.15. The normalized spacial score (nSPS) is 18.9. The van der Waals surface area contributed by atoms with Crippen LogP contribution < -0.4 is 4.74 Å². The topological polar surface area (TPSA) is 18.5 Å². The molecule has 1 atom stereocenters. The van der Waals surface area contributed by atoms with E-state index >= 15 is 0 Å². The minimum Gasteiger partial charge on any atom is -0.491 e. The van der Waals surface area contributed by atoms with Gasteiger partial charge in [0, 0.05) is 12.2 Å². The third-order valence-electron chi connectivity index (χ3n) is 3.58. The largest absolute Gasteiger partial charge is 0.491 e. The van der Waals surface area contributed by atoms with Gasteiger partial charge in [0.05, 0.1) is 12.0 Å². The van der Waals surface area contributed by atoms with Gasteiger partial charge in [-0.15, -0.1) is 11.6 Å². The van der Waals surface area contributed by atoms with Crippen LogP contribution >= 0.6 is 11.6 Å². The van der Waals surface area contributed by atoms with Gasteiger partial charge in [-0.3, -0.25) is 0 Å². The van der Waals surface area contributed by atoms with E-state index in [-0.39, 0.29) is 6.10 Å². The first-order chi connectivity index (χ1) is 9.38. The summed E-state index contributed by atoms with van der Waals surface area (Å²) in [4.78, 5) is 0. The average Bonchev–Trinajstić information content (AvgIpc) is 2.97. The van der Waals surface area contributed by atoms with Crippen LogP contribution in [0.25, 0.3) is 10.8 Å². The molecule has 3 rings (SSSR count). The van der Waals surface area contributed by atoms with Crippen LogP contribution in [0.1, 0.15) is 18.4 Å². The third-order valence-corrected chi connectivity index (χ3v) is 3.85. The molecule has 0 aliphatic carbocycles. The molecule has 0 aromatic heterocycles. The Balaban J connectivity index is 1.85. The van der Waals surface area contributed by atoms with E-state index in [9.17, 15) is 0 Å². The molecular weight excluding hydrogens is 260 g/mol. The number of rotatable bonds is 4. The number of alkyl halides is 1. The first-order valence-corrected chi connectivity index (χ1v) is 7.23. The minimum atomic E-state index is 0.231. The first-order valence-electron chi connectivity index (χ1n) is 6.69. The molecule has 0 radical (unpaired) electrons. The molecule has 1 aliphatic rings.